The van der Waals surface area contributed by atoms with E-state index in [0.717, 1.165) is 50.5 Å². The third kappa shape index (κ3) is 9.86. The summed E-state index contributed by atoms with van der Waals surface area (Å²) in [4.78, 5) is 82.5. The molecular weight excluding hydrogens is 859 g/mol. The minimum absolute atomic E-state index is 0.00666. The number of hydrogen-bond donors (Lipinski definition) is 2. The van der Waals surface area contributed by atoms with Gasteiger partial charge in [0.1, 0.15) is 23.1 Å². The molecule has 1 aromatic carbocycles. The second-order valence-electron chi connectivity index (χ2n) is 19.0. The van der Waals surface area contributed by atoms with Gasteiger partial charge < -0.3 is 29.2 Å². The van der Waals surface area contributed by atoms with Crippen molar-refractivity contribution in [3.05, 3.63) is 52.8 Å². The number of hydrazine groups is 1. The fourth-order valence-electron chi connectivity index (χ4n) is 9.68. The molecule has 4 aromatic rings. The van der Waals surface area contributed by atoms with Crippen LogP contribution in [0.3, 0.4) is 0 Å². The number of likely N-dealkylation sites (tertiary alicyclic amines) is 1. The molecule has 6 bridgehead atoms. The molecule has 4 amide bonds. The van der Waals surface area contributed by atoms with Crippen molar-refractivity contribution < 1.29 is 33.4 Å². The van der Waals surface area contributed by atoms with Crippen LogP contribution < -0.4 is 10.7 Å². The molecule has 0 saturated carbocycles. The van der Waals surface area contributed by atoms with Crippen molar-refractivity contribution in [2.75, 3.05) is 40.4 Å². The van der Waals surface area contributed by atoms with Gasteiger partial charge in [-0.3, -0.25) is 34.0 Å². The molecule has 16 nitrogen and oxygen atoms in total. The van der Waals surface area contributed by atoms with E-state index in [9.17, 15) is 24.0 Å². The summed E-state index contributed by atoms with van der Waals surface area (Å²) in [7, 11) is 3.27. The van der Waals surface area contributed by atoms with Gasteiger partial charge in [0.05, 0.1) is 30.0 Å². The van der Waals surface area contributed by atoms with Crippen LogP contribution in [0, 0.1) is 35.0 Å². The molecule has 2 fully saturated rings. The molecular formula is C49H63N9O7S. The van der Waals surface area contributed by atoms with E-state index in [0.29, 0.717) is 49.7 Å². The van der Waals surface area contributed by atoms with Crippen LogP contribution in [-0.4, -0.2) is 122 Å². The van der Waals surface area contributed by atoms with Crippen molar-refractivity contribution in [3.63, 3.8) is 0 Å². The Morgan fingerprint density at radius 2 is 1.92 bits per heavy atom. The zero-order valence-electron chi connectivity index (χ0n) is 39.8. The second kappa shape index (κ2) is 20.0. The lowest BCUT2D eigenvalue weighted by atomic mass is 9.84. The Kier molecular flexibility index (Phi) is 14.6. The standard InChI is InChI=1S/C49H63N9O7S/c1-11-15-40(59)56-25-29(5)35(26-56)46(61)55(9)42(28(3)4)45(60)51-37-23-39-52-44(54-66-39)31-18-19-38-33(22-31)34(43(57(38)12-2)32-16-13-20-50-41(32)30(6)64-10)24-49(7,8)27-65-48(63)36-17-14-21-58(53-36)47(37)62/h13,16,18-20,22,28-30,35-37,42,53H,12,14,17,21,23-27H2,1-10H3,(H,51,60)/t29-,30-,35+,36-,37-,42-/m0/s1. The van der Waals surface area contributed by atoms with Gasteiger partial charge in [0.2, 0.25) is 11.8 Å². The monoisotopic (exact) mass is 921 g/mol. The smallest absolute Gasteiger partial charge is 0.324 e. The number of methoxy groups -OCH3 is 1. The molecule has 6 heterocycles. The van der Waals surface area contributed by atoms with Gasteiger partial charge in [-0.1, -0.05) is 40.5 Å². The molecule has 0 aliphatic carbocycles. The number of rotatable bonds is 9. The molecule has 0 radical (unpaired) electrons. The number of hydrogen-bond acceptors (Lipinski definition) is 12. The molecule has 3 aromatic heterocycles. The lowest BCUT2D eigenvalue weighted by molar-refractivity contribution is -0.155. The molecule has 6 atom stereocenters. The third-order valence-electron chi connectivity index (χ3n) is 13.1. The van der Waals surface area contributed by atoms with Gasteiger partial charge in [-0.15, -0.1) is 0 Å². The number of esters is 1. The Balaban J connectivity index is 1.26. The van der Waals surface area contributed by atoms with Gasteiger partial charge in [0.15, 0.2) is 5.82 Å². The SMILES string of the molecule is CC#CC(=O)N1C[C@H](C)[C@H](C(=O)N(C)[C@H](C(=O)N[C@H]2Cc3nc(ns3)-c3ccc4c(c3)c(c(-c3cccnc3[C@H](C)OC)n4CC)CC(C)(C)COC(=O)[C@@H]3CCCN(N3)C2=O)C(C)C)C1. The summed E-state index contributed by atoms with van der Waals surface area (Å²) in [6.07, 6.45) is 3.05. The number of amides is 4. The van der Waals surface area contributed by atoms with Crippen LogP contribution in [0.25, 0.3) is 33.5 Å². The highest BCUT2D eigenvalue weighted by molar-refractivity contribution is 7.05. The average molecular weight is 922 g/mol. The van der Waals surface area contributed by atoms with E-state index in [1.54, 1.807) is 32.2 Å². The van der Waals surface area contributed by atoms with Crippen molar-refractivity contribution in [3.8, 4) is 34.5 Å². The number of aromatic nitrogens is 4. The minimum atomic E-state index is -1.13. The molecule has 7 rings (SSSR count). The van der Waals surface area contributed by atoms with Gasteiger partial charge in [0, 0.05) is 80.4 Å². The van der Waals surface area contributed by atoms with Crippen molar-refractivity contribution in [2.24, 2.45) is 23.2 Å². The van der Waals surface area contributed by atoms with Crippen LogP contribution in [0.4, 0.5) is 0 Å². The number of likely N-dealkylation sites (N-methyl/N-ethyl adjacent to an activating group) is 1. The summed E-state index contributed by atoms with van der Waals surface area (Å²) < 4.78 is 19.0. The molecule has 2 saturated heterocycles. The van der Waals surface area contributed by atoms with Gasteiger partial charge >= 0.3 is 5.97 Å². The second-order valence-corrected chi connectivity index (χ2v) is 19.8. The van der Waals surface area contributed by atoms with E-state index in [1.165, 1.54) is 9.91 Å². The molecule has 2 N–H and O–H groups in total. The first-order valence-corrected chi connectivity index (χ1v) is 23.7. The number of fused-ring (bicyclic) bond motifs is 6. The minimum Gasteiger partial charge on any atom is -0.464 e. The molecule has 352 valence electrons. The first-order valence-electron chi connectivity index (χ1n) is 23.0. The highest BCUT2D eigenvalue weighted by Crippen LogP contribution is 2.42. The summed E-state index contributed by atoms with van der Waals surface area (Å²) in [5, 5.41) is 5.92. The molecule has 0 unspecified atom stereocenters. The number of carbonyl (C=O) groups is 5. The number of aryl methyl sites for hydroxylation is 1. The Hall–Kier alpha value is -5.70. The number of ether oxygens (including phenoxy) is 2. The van der Waals surface area contributed by atoms with Crippen LogP contribution in [0.1, 0.15) is 90.6 Å². The van der Waals surface area contributed by atoms with Crippen LogP contribution in [0.2, 0.25) is 0 Å². The molecule has 3 aliphatic rings. The van der Waals surface area contributed by atoms with Gasteiger partial charge in [0.25, 0.3) is 11.8 Å². The zero-order valence-corrected chi connectivity index (χ0v) is 40.6. The average Bonchev–Trinajstić information content (AvgIpc) is 4.02. The van der Waals surface area contributed by atoms with Crippen LogP contribution in [0.15, 0.2) is 36.5 Å². The fourth-order valence-corrected chi connectivity index (χ4v) is 10.4. The normalized spacial score (nSPS) is 22.0. The maximum absolute atomic E-state index is 14.6. The highest BCUT2D eigenvalue weighted by atomic mass is 32.1. The fraction of sp³-hybridized carbons (Fsp3) is 0.551. The largest absolute Gasteiger partial charge is 0.464 e. The summed E-state index contributed by atoms with van der Waals surface area (Å²) in [5.41, 5.74) is 8.26. The lowest BCUT2D eigenvalue weighted by Gasteiger charge is -2.37. The van der Waals surface area contributed by atoms with Crippen LogP contribution in [-0.2, 0) is 52.8 Å². The maximum Gasteiger partial charge on any atom is 0.324 e. The van der Waals surface area contributed by atoms with Crippen molar-refractivity contribution in [2.45, 2.75) is 112 Å². The van der Waals surface area contributed by atoms with E-state index in [-0.39, 0.29) is 49.3 Å². The van der Waals surface area contributed by atoms with E-state index in [4.69, 9.17) is 23.8 Å². The van der Waals surface area contributed by atoms with E-state index in [1.807, 2.05) is 39.8 Å². The third-order valence-corrected chi connectivity index (χ3v) is 13.9. The first-order chi connectivity index (χ1) is 31.5. The summed E-state index contributed by atoms with van der Waals surface area (Å²) in [6.45, 7) is 17.1. The van der Waals surface area contributed by atoms with Crippen molar-refractivity contribution in [1.29, 1.82) is 0 Å². The first kappa shape index (κ1) is 48.2. The molecule has 0 spiro atoms. The Bertz CT molecular complexity index is 2560. The number of carbonyl (C=O) groups excluding carboxylic acids is 5. The number of nitrogens with zero attached hydrogens (tertiary/aromatic N) is 7. The van der Waals surface area contributed by atoms with Crippen LogP contribution in [0.5, 0.6) is 0 Å². The topological polar surface area (TPSA) is 181 Å². The van der Waals surface area contributed by atoms with E-state index >= 15 is 0 Å². The number of cyclic esters (lactones) is 1. The Morgan fingerprint density at radius 3 is 2.64 bits per heavy atom. The quantitative estimate of drug-likeness (QED) is 0.167. The highest BCUT2D eigenvalue weighted by Gasteiger charge is 2.43. The predicted octanol–water partition coefficient (Wildman–Crippen LogP) is 5.20. The Labute approximate surface area is 391 Å². The Morgan fingerprint density at radius 1 is 1.15 bits per heavy atom. The predicted molar refractivity (Wildman–Crippen MR) is 251 cm³/mol. The molecule has 3 aliphatic heterocycles. The van der Waals surface area contributed by atoms with Crippen LogP contribution >= 0.6 is 11.5 Å². The summed E-state index contributed by atoms with van der Waals surface area (Å²) in [5.74, 6) is 2.62. The molecule has 66 heavy (non-hydrogen) atoms. The summed E-state index contributed by atoms with van der Waals surface area (Å²) >= 11 is 1.15. The van der Waals surface area contributed by atoms with E-state index in [2.05, 4.69) is 66.1 Å². The number of benzene rings is 1. The van der Waals surface area contributed by atoms with Gasteiger partial charge in [-0.25, -0.2) is 10.4 Å². The van der Waals surface area contributed by atoms with Crippen molar-refractivity contribution in [1.82, 2.24) is 44.5 Å². The maximum atomic E-state index is 14.6. The zero-order chi connectivity index (χ0) is 47.6. The lowest BCUT2D eigenvalue weighted by Crippen LogP contribution is -2.62. The number of nitrogens with one attached hydrogen (secondary N) is 2. The van der Waals surface area contributed by atoms with E-state index < -0.39 is 47.2 Å². The van der Waals surface area contributed by atoms with Gasteiger partial charge in [-0.05, 0) is 105 Å². The molecule has 17 heteroatoms. The number of pyridine rings is 1. The summed E-state index contributed by atoms with van der Waals surface area (Å²) in [6, 6.07) is 7.33. The van der Waals surface area contributed by atoms with Crippen molar-refractivity contribution >= 4 is 52.0 Å². The van der Waals surface area contributed by atoms with Gasteiger partial charge in [-0.2, -0.15) is 4.37 Å².